The lowest BCUT2D eigenvalue weighted by Crippen LogP contribution is -1.98. The number of methoxy groups -OCH3 is 2. The van der Waals surface area contributed by atoms with Crippen LogP contribution in [0.4, 0.5) is 0 Å². The molecule has 3 rings (SSSR count). The first-order valence-corrected chi connectivity index (χ1v) is 8.16. The van der Waals surface area contributed by atoms with Gasteiger partial charge in [0.25, 0.3) is 0 Å². The highest BCUT2D eigenvalue weighted by atomic mass is 35.5. The van der Waals surface area contributed by atoms with Gasteiger partial charge in [0.1, 0.15) is 17.2 Å². The molecule has 1 heterocycles. The average molecular weight is 364 g/mol. The van der Waals surface area contributed by atoms with Crippen LogP contribution in [0.1, 0.15) is 10.5 Å². The molecule has 0 saturated heterocycles. The second-order valence-corrected chi connectivity index (χ2v) is 6.49. The highest BCUT2D eigenvalue weighted by molar-refractivity contribution is 7.99. The molecular formula is C17H14ClNO4S. The van der Waals surface area contributed by atoms with Gasteiger partial charge in [0, 0.05) is 26.9 Å². The van der Waals surface area contributed by atoms with Crippen LogP contribution in [0, 0.1) is 0 Å². The average Bonchev–Trinajstić information content (AvgIpc) is 2.92. The number of carbonyl (C=O) groups is 1. The van der Waals surface area contributed by atoms with Crippen LogP contribution < -0.4 is 9.47 Å². The second kappa shape index (κ2) is 6.67. The van der Waals surface area contributed by atoms with E-state index in [1.807, 2.05) is 12.1 Å². The molecule has 0 saturated carbocycles. The smallest absolute Gasteiger partial charge is 0.353 e. The predicted molar refractivity (Wildman–Crippen MR) is 93.9 cm³/mol. The molecule has 0 aliphatic rings. The van der Waals surface area contributed by atoms with E-state index in [4.69, 9.17) is 21.1 Å². The van der Waals surface area contributed by atoms with Gasteiger partial charge in [-0.3, -0.25) is 0 Å². The van der Waals surface area contributed by atoms with Gasteiger partial charge >= 0.3 is 5.97 Å². The van der Waals surface area contributed by atoms with Crippen molar-refractivity contribution in [3.63, 3.8) is 0 Å². The van der Waals surface area contributed by atoms with E-state index in [0.717, 1.165) is 10.3 Å². The van der Waals surface area contributed by atoms with Gasteiger partial charge in [0.15, 0.2) is 0 Å². The van der Waals surface area contributed by atoms with Crippen molar-refractivity contribution < 1.29 is 19.4 Å². The molecule has 7 heteroatoms. The van der Waals surface area contributed by atoms with Crippen LogP contribution in [-0.2, 0) is 0 Å². The van der Waals surface area contributed by atoms with E-state index in [1.54, 1.807) is 38.5 Å². The van der Waals surface area contributed by atoms with E-state index in [-0.39, 0.29) is 5.69 Å². The summed E-state index contributed by atoms with van der Waals surface area (Å²) in [5, 5.41) is 10.8. The molecule has 0 radical (unpaired) electrons. The number of hydrogen-bond donors (Lipinski definition) is 2. The Morgan fingerprint density at radius 2 is 1.79 bits per heavy atom. The van der Waals surface area contributed by atoms with Gasteiger partial charge in [-0.05, 0) is 30.3 Å². The lowest BCUT2D eigenvalue weighted by Gasteiger charge is -2.08. The number of fused-ring (bicyclic) bond motifs is 1. The number of H-pyrrole nitrogens is 1. The summed E-state index contributed by atoms with van der Waals surface area (Å²) in [6.07, 6.45) is 0. The predicted octanol–water partition coefficient (Wildman–Crippen LogP) is 4.69. The number of nitrogens with one attached hydrogen (secondary N) is 1. The Labute approximate surface area is 147 Å². The molecule has 124 valence electrons. The first kappa shape index (κ1) is 16.5. The van der Waals surface area contributed by atoms with E-state index in [9.17, 15) is 9.90 Å². The number of carboxylic acids is 1. The van der Waals surface area contributed by atoms with E-state index in [0.29, 0.717) is 26.9 Å². The number of aromatic amines is 1. The molecule has 0 amide bonds. The molecule has 5 nitrogen and oxygen atoms in total. The SMILES string of the molecule is COc1cc(OC)cc(Sc2c(C(=O)O)[nH]c3ccc(Cl)cc23)c1. The van der Waals surface area contributed by atoms with Crippen LogP contribution in [0.5, 0.6) is 11.5 Å². The molecule has 1 aromatic heterocycles. The molecule has 0 bridgehead atoms. The van der Waals surface area contributed by atoms with Crippen LogP contribution in [0.3, 0.4) is 0 Å². The Morgan fingerprint density at radius 1 is 1.12 bits per heavy atom. The molecule has 0 unspecified atom stereocenters. The van der Waals surface area contributed by atoms with Crippen molar-refractivity contribution in [2.24, 2.45) is 0 Å². The van der Waals surface area contributed by atoms with Crippen molar-refractivity contribution in [1.82, 2.24) is 4.98 Å². The fraction of sp³-hybridized carbons (Fsp3) is 0.118. The molecule has 0 spiro atoms. The summed E-state index contributed by atoms with van der Waals surface area (Å²) in [5.41, 5.74) is 0.841. The monoisotopic (exact) mass is 363 g/mol. The third kappa shape index (κ3) is 3.16. The van der Waals surface area contributed by atoms with Gasteiger partial charge in [-0.2, -0.15) is 0 Å². The number of ether oxygens (including phenoxy) is 2. The van der Waals surface area contributed by atoms with E-state index < -0.39 is 5.97 Å². The van der Waals surface area contributed by atoms with Crippen molar-refractivity contribution in [3.05, 3.63) is 47.1 Å². The van der Waals surface area contributed by atoms with Gasteiger partial charge in [-0.1, -0.05) is 23.4 Å². The lowest BCUT2D eigenvalue weighted by atomic mass is 10.2. The summed E-state index contributed by atoms with van der Waals surface area (Å²) in [6, 6.07) is 10.6. The Morgan fingerprint density at radius 3 is 2.38 bits per heavy atom. The standard InChI is InChI=1S/C17H14ClNO4S/c1-22-10-6-11(23-2)8-12(7-10)24-16-13-5-9(18)3-4-14(13)19-15(16)17(20)21/h3-8,19H,1-2H3,(H,20,21). The van der Waals surface area contributed by atoms with Crippen LogP contribution in [-0.4, -0.2) is 30.3 Å². The highest BCUT2D eigenvalue weighted by Crippen LogP contribution is 2.40. The van der Waals surface area contributed by atoms with E-state index in [2.05, 4.69) is 4.98 Å². The van der Waals surface area contributed by atoms with Crippen LogP contribution >= 0.6 is 23.4 Å². The number of rotatable bonds is 5. The minimum absolute atomic E-state index is 0.124. The Bertz CT molecular complexity index is 900. The van der Waals surface area contributed by atoms with Crippen molar-refractivity contribution >= 4 is 40.2 Å². The zero-order valence-corrected chi connectivity index (χ0v) is 14.5. The summed E-state index contributed by atoms with van der Waals surface area (Å²) in [6.45, 7) is 0. The summed E-state index contributed by atoms with van der Waals surface area (Å²) >= 11 is 7.38. The fourth-order valence-electron chi connectivity index (χ4n) is 2.35. The molecule has 3 aromatic rings. The van der Waals surface area contributed by atoms with E-state index in [1.165, 1.54) is 11.8 Å². The number of halogens is 1. The maximum atomic E-state index is 11.6. The molecule has 0 atom stereocenters. The number of aromatic carboxylic acids is 1. The fourth-order valence-corrected chi connectivity index (χ4v) is 3.63. The zero-order valence-electron chi connectivity index (χ0n) is 12.9. The Hall–Kier alpha value is -2.31. The van der Waals surface area contributed by atoms with Gasteiger partial charge in [0.05, 0.1) is 19.1 Å². The summed E-state index contributed by atoms with van der Waals surface area (Å²) in [5.74, 6) is 0.234. The van der Waals surface area contributed by atoms with Gasteiger partial charge < -0.3 is 19.6 Å². The third-order valence-corrected chi connectivity index (χ3v) is 4.81. The highest BCUT2D eigenvalue weighted by Gasteiger charge is 2.19. The summed E-state index contributed by atoms with van der Waals surface area (Å²) < 4.78 is 10.5. The van der Waals surface area contributed by atoms with Gasteiger partial charge in [-0.15, -0.1) is 0 Å². The van der Waals surface area contributed by atoms with Crippen LogP contribution in [0.25, 0.3) is 10.9 Å². The zero-order chi connectivity index (χ0) is 17.3. The Kier molecular flexibility index (Phi) is 4.59. The molecule has 0 fully saturated rings. The maximum Gasteiger partial charge on any atom is 0.353 e. The first-order valence-electron chi connectivity index (χ1n) is 6.97. The summed E-state index contributed by atoms with van der Waals surface area (Å²) in [7, 11) is 3.13. The molecule has 24 heavy (non-hydrogen) atoms. The first-order chi connectivity index (χ1) is 11.5. The van der Waals surface area contributed by atoms with Gasteiger partial charge in [0.2, 0.25) is 0 Å². The normalized spacial score (nSPS) is 10.8. The van der Waals surface area contributed by atoms with Crippen LogP contribution in [0.15, 0.2) is 46.2 Å². The quantitative estimate of drug-likeness (QED) is 0.688. The molecular weight excluding hydrogens is 350 g/mol. The van der Waals surface area contributed by atoms with E-state index >= 15 is 0 Å². The van der Waals surface area contributed by atoms with Crippen molar-refractivity contribution in [3.8, 4) is 11.5 Å². The van der Waals surface area contributed by atoms with Crippen molar-refractivity contribution in [2.45, 2.75) is 9.79 Å². The number of benzene rings is 2. The molecule has 2 N–H and O–H groups in total. The molecule has 2 aromatic carbocycles. The van der Waals surface area contributed by atoms with Crippen LogP contribution in [0.2, 0.25) is 5.02 Å². The number of carboxylic acid groups (broad SMARTS) is 1. The van der Waals surface area contributed by atoms with Crippen molar-refractivity contribution in [2.75, 3.05) is 14.2 Å². The Balaban J connectivity index is 2.14. The van der Waals surface area contributed by atoms with Gasteiger partial charge in [-0.25, -0.2) is 4.79 Å². The molecule has 0 aliphatic carbocycles. The largest absolute Gasteiger partial charge is 0.497 e. The third-order valence-electron chi connectivity index (χ3n) is 3.47. The molecule has 0 aliphatic heterocycles. The van der Waals surface area contributed by atoms with Crippen molar-refractivity contribution in [1.29, 1.82) is 0 Å². The number of hydrogen-bond acceptors (Lipinski definition) is 4. The second-order valence-electron chi connectivity index (χ2n) is 4.97. The summed E-state index contributed by atoms with van der Waals surface area (Å²) in [4.78, 5) is 15.9. The topological polar surface area (TPSA) is 71.6 Å². The minimum Gasteiger partial charge on any atom is -0.497 e. The lowest BCUT2D eigenvalue weighted by molar-refractivity contribution is 0.0688. The number of aromatic nitrogens is 1. The maximum absolute atomic E-state index is 11.6. The minimum atomic E-state index is -1.03.